The molecule has 1 unspecified atom stereocenters. The van der Waals surface area contributed by atoms with Crippen molar-refractivity contribution in [1.29, 1.82) is 0 Å². The zero-order valence-corrected chi connectivity index (χ0v) is 11.1. The van der Waals surface area contributed by atoms with Gasteiger partial charge in [0.05, 0.1) is 11.6 Å². The summed E-state index contributed by atoms with van der Waals surface area (Å²) < 4.78 is 0. The molecular weight excluding hydrogens is 224 g/mol. The molecule has 1 heterocycles. The number of para-hydroxylation sites is 1. The van der Waals surface area contributed by atoms with Crippen LogP contribution in [0.15, 0.2) is 35.4 Å². The van der Waals surface area contributed by atoms with E-state index in [4.69, 9.17) is 0 Å². The van der Waals surface area contributed by atoms with E-state index in [1.165, 1.54) is 12.8 Å². The number of carbonyl (C=O) groups excluding carboxylic acids is 1. The molecule has 0 radical (unpaired) electrons. The van der Waals surface area contributed by atoms with E-state index >= 15 is 0 Å². The maximum absolute atomic E-state index is 12.3. The van der Waals surface area contributed by atoms with Crippen LogP contribution < -0.4 is 5.01 Å². The monoisotopic (exact) mass is 244 g/mol. The van der Waals surface area contributed by atoms with Crippen LogP contribution in [0.1, 0.15) is 39.5 Å². The lowest BCUT2D eigenvalue weighted by Crippen LogP contribution is -2.26. The second kappa shape index (κ2) is 5.80. The highest BCUT2D eigenvalue weighted by atomic mass is 16.2. The van der Waals surface area contributed by atoms with Gasteiger partial charge >= 0.3 is 0 Å². The molecule has 0 aromatic heterocycles. The van der Waals surface area contributed by atoms with Crippen LogP contribution in [0.3, 0.4) is 0 Å². The molecule has 3 nitrogen and oxygen atoms in total. The van der Waals surface area contributed by atoms with E-state index in [0.717, 1.165) is 24.2 Å². The Morgan fingerprint density at radius 2 is 1.94 bits per heavy atom. The molecule has 0 saturated carbocycles. The number of hydrazone groups is 1. The molecule has 0 N–H and O–H groups in total. The molecule has 0 bridgehead atoms. The van der Waals surface area contributed by atoms with Gasteiger partial charge < -0.3 is 0 Å². The van der Waals surface area contributed by atoms with Crippen molar-refractivity contribution in [3.8, 4) is 0 Å². The number of unbranched alkanes of at least 4 members (excludes halogenated alkanes) is 2. The van der Waals surface area contributed by atoms with Gasteiger partial charge in [-0.3, -0.25) is 4.79 Å². The fourth-order valence-electron chi connectivity index (χ4n) is 2.29. The zero-order valence-electron chi connectivity index (χ0n) is 11.1. The zero-order chi connectivity index (χ0) is 13.0. The fraction of sp³-hybridized carbons (Fsp3) is 0.467. The summed E-state index contributed by atoms with van der Waals surface area (Å²) in [7, 11) is 0. The van der Waals surface area contributed by atoms with Crippen molar-refractivity contribution >= 4 is 17.3 Å². The van der Waals surface area contributed by atoms with Gasteiger partial charge in [0, 0.05) is 5.71 Å². The third-order valence-corrected chi connectivity index (χ3v) is 3.37. The van der Waals surface area contributed by atoms with E-state index in [9.17, 15) is 4.79 Å². The Morgan fingerprint density at radius 3 is 2.61 bits per heavy atom. The number of nitrogens with zero attached hydrogens (tertiary/aromatic N) is 2. The molecule has 0 saturated heterocycles. The van der Waals surface area contributed by atoms with E-state index in [0.29, 0.717) is 0 Å². The van der Waals surface area contributed by atoms with Gasteiger partial charge in [-0.1, -0.05) is 44.4 Å². The summed E-state index contributed by atoms with van der Waals surface area (Å²) in [5.41, 5.74) is 1.81. The minimum atomic E-state index is -0.0169. The molecule has 0 spiro atoms. The van der Waals surface area contributed by atoms with Crippen molar-refractivity contribution in [3.05, 3.63) is 30.3 Å². The maximum atomic E-state index is 12.3. The first-order chi connectivity index (χ1) is 8.74. The molecule has 1 aliphatic rings. The van der Waals surface area contributed by atoms with Gasteiger partial charge in [-0.2, -0.15) is 5.10 Å². The predicted octanol–water partition coefficient (Wildman–Crippen LogP) is 3.61. The van der Waals surface area contributed by atoms with Gasteiger partial charge in [0.15, 0.2) is 0 Å². The molecule has 1 amide bonds. The SMILES string of the molecule is CCCCCC1C(=O)N(c2ccccc2)N=C1C. The number of benzene rings is 1. The molecule has 1 atom stereocenters. The third kappa shape index (κ3) is 2.61. The first kappa shape index (κ1) is 12.8. The lowest BCUT2D eigenvalue weighted by molar-refractivity contribution is -0.119. The standard InChI is InChI=1S/C15H20N2O/c1-3-4-6-11-14-12(2)16-17(15(14)18)13-9-7-5-8-10-13/h5,7-10,14H,3-4,6,11H2,1-2H3. The highest BCUT2D eigenvalue weighted by Gasteiger charge is 2.33. The first-order valence-electron chi connectivity index (χ1n) is 6.68. The van der Waals surface area contributed by atoms with E-state index in [-0.39, 0.29) is 11.8 Å². The highest BCUT2D eigenvalue weighted by Crippen LogP contribution is 2.26. The van der Waals surface area contributed by atoms with E-state index < -0.39 is 0 Å². The van der Waals surface area contributed by atoms with Gasteiger partial charge in [-0.05, 0) is 25.5 Å². The van der Waals surface area contributed by atoms with Crippen molar-refractivity contribution < 1.29 is 4.79 Å². The average Bonchev–Trinajstić information content (AvgIpc) is 2.68. The Morgan fingerprint density at radius 1 is 1.22 bits per heavy atom. The van der Waals surface area contributed by atoms with Crippen molar-refractivity contribution in [1.82, 2.24) is 0 Å². The molecule has 0 aliphatic carbocycles. The average molecular weight is 244 g/mol. The van der Waals surface area contributed by atoms with Gasteiger partial charge in [-0.15, -0.1) is 0 Å². The van der Waals surface area contributed by atoms with Crippen molar-refractivity contribution in [3.63, 3.8) is 0 Å². The van der Waals surface area contributed by atoms with E-state index in [1.807, 2.05) is 37.3 Å². The second-order valence-electron chi connectivity index (χ2n) is 4.78. The summed E-state index contributed by atoms with van der Waals surface area (Å²) in [6.07, 6.45) is 4.38. The molecule has 1 aromatic carbocycles. The molecule has 0 fully saturated rings. The lowest BCUT2D eigenvalue weighted by Gasteiger charge is -2.14. The number of rotatable bonds is 5. The Balaban J connectivity index is 2.07. The van der Waals surface area contributed by atoms with E-state index in [1.54, 1.807) is 5.01 Å². The van der Waals surface area contributed by atoms with Crippen LogP contribution in [0.5, 0.6) is 0 Å². The fourth-order valence-corrected chi connectivity index (χ4v) is 2.29. The van der Waals surface area contributed by atoms with Crippen LogP contribution in [0.2, 0.25) is 0 Å². The van der Waals surface area contributed by atoms with Gasteiger partial charge in [0.2, 0.25) is 0 Å². The van der Waals surface area contributed by atoms with Crippen LogP contribution in [0.25, 0.3) is 0 Å². The number of amides is 1. The largest absolute Gasteiger partial charge is 0.272 e. The topological polar surface area (TPSA) is 32.7 Å². The minimum absolute atomic E-state index is 0.0169. The smallest absolute Gasteiger partial charge is 0.256 e. The molecule has 96 valence electrons. The molecular formula is C15H20N2O. The minimum Gasteiger partial charge on any atom is -0.272 e. The van der Waals surface area contributed by atoms with Crippen LogP contribution in [-0.2, 0) is 4.79 Å². The highest BCUT2D eigenvalue weighted by molar-refractivity contribution is 6.14. The molecule has 2 rings (SSSR count). The predicted molar refractivity (Wildman–Crippen MR) is 74.7 cm³/mol. The Bertz CT molecular complexity index is 439. The summed E-state index contributed by atoms with van der Waals surface area (Å²) >= 11 is 0. The first-order valence-corrected chi connectivity index (χ1v) is 6.68. The lowest BCUT2D eigenvalue weighted by atomic mass is 9.97. The van der Waals surface area contributed by atoms with Crippen LogP contribution in [0.4, 0.5) is 5.69 Å². The number of anilines is 1. The van der Waals surface area contributed by atoms with Gasteiger partial charge in [-0.25, -0.2) is 5.01 Å². The van der Waals surface area contributed by atoms with Crippen LogP contribution in [-0.4, -0.2) is 11.6 Å². The molecule has 1 aliphatic heterocycles. The van der Waals surface area contributed by atoms with Gasteiger partial charge in [0.25, 0.3) is 5.91 Å². The van der Waals surface area contributed by atoms with Crippen molar-refractivity contribution in [2.45, 2.75) is 39.5 Å². The summed E-state index contributed by atoms with van der Waals surface area (Å²) in [5, 5.41) is 5.95. The third-order valence-electron chi connectivity index (χ3n) is 3.37. The normalized spacial score (nSPS) is 19.2. The maximum Gasteiger partial charge on any atom is 0.256 e. The molecule has 18 heavy (non-hydrogen) atoms. The number of hydrogen-bond acceptors (Lipinski definition) is 2. The summed E-state index contributed by atoms with van der Waals surface area (Å²) in [6.45, 7) is 4.13. The van der Waals surface area contributed by atoms with Crippen LogP contribution >= 0.6 is 0 Å². The quantitative estimate of drug-likeness (QED) is 0.728. The number of carbonyl (C=O) groups is 1. The Hall–Kier alpha value is -1.64. The Labute approximate surface area is 108 Å². The van der Waals surface area contributed by atoms with E-state index in [2.05, 4.69) is 12.0 Å². The number of hydrogen-bond donors (Lipinski definition) is 0. The van der Waals surface area contributed by atoms with Crippen molar-refractivity contribution in [2.75, 3.05) is 5.01 Å². The summed E-state index contributed by atoms with van der Waals surface area (Å²) in [6, 6.07) is 9.64. The second-order valence-corrected chi connectivity index (χ2v) is 4.78. The summed E-state index contributed by atoms with van der Waals surface area (Å²) in [5.74, 6) is 0.103. The molecule has 1 aromatic rings. The van der Waals surface area contributed by atoms with Crippen molar-refractivity contribution in [2.24, 2.45) is 11.0 Å². The summed E-state index contributed by atoms with van der Waals surface area (Å²) in [4.78, 5) is 12.3. The van der Waals surface area contributed by atoms with Crippen LogP contribution in [0, 0.1) is 5.92 Å². The van der Waals surface area contributed by atoms with Gasteiger partial charge in [0.1, 0.15) is 0 Å². The Kier molecular flexibility index (Phi) is 4.13. The molecule has 3 heteroatoms.